The van der Waals surface area contributed by atoms with Crippen molar-refractivity contribution in [3.8, 4) is 0 Å². The lowest BCUT2D eigenvalue weighted by Gasteiger charge is -2.33. The smallest absolute Gasteiger partial charge is 0.137 e. The molecule has 1 saturated carbocycles. The summed E-state index contributed by atoms with van der Waals surface area (Å²) >= 11 is 3.04. The van der Waals surface area contributed by atoms with Gasteiger partial charge in [-0.05, 0) is 59.3 Å². The summed E-state index contributed by atoms with van der Waals surface area (Å²) in [5.74, 6) is 0.414. The van der Waals surface area contributed by atoms with E-state index in [-0.39, 0.29) is 16.3 Å². The lowest BCUT2D eigenvalue weighted by Crippen LogP contribution is -2.31. The summed E-state index contributed by atoms with van der Waals surface area (Å²) in [5.41, 5.74) is 0.465. The summed E-state index contributed by atoms with van der Waals surface area (Å²) in [6.45, 7) is 5.03. The predicted molar refractivity (Wildman–Crippen MR) is 81.6 cm³/mol. The van der Waals surface area contributed by atoms with E-state index in [0.29, 0.717) is 11.5 Å². The zero-order valence-electron chi connectivity index (χ0n) is 12.1. The van der Waals surface area contributed by atoms with Crippen LogP contribution in [0.25, 0.3) is 0 Å². The molecular weight excluding hydrogens is 324 g/mol. The molecule has 1 N–H and O–H groups in total. The average molecular weight is 346 g/mol. The van der Waals surface area contributed by atoms with Crippen molar-refractivity contribution in [3.05, 3.63) is 33.8 Å². The summed E-state index contributed by atoms with van der Waals surface area (Å²) in [6, 6.07) is 2.49. The van der Waals surface area contributed by atoms with Gasteiger partial charge in [-0.1, -0.05) is 26.7 Å². The minimum atomic E-state index is -0.395. The van der Waals surface area contributed by atoms with E-state index in [9.17, 15) is 8.78 Å². The van der Waals surface area contributed by atoms with E-state index in [1.54, 1.807) is 0 Å². The highest BCUT2D eigenvalue weighted by molar-refractivity contribution is 9.10. The van der Waals surface area contributed by atoms with Crippen LogP contribution in [0.1, 0.15) is 51.1 Å². The van der Waals surface area contributed by atoms with E-state index in [0.717, 1.165) is 25.3 Å². The Bertz CT molecular complexity index is 456. The van der Waals surface area contributed by atoms with Crippen LogP contribution in [0.4, 0.5) is 8.78 Å². The Labute approximate surface area is 128 Å². The molecule has 0 radical (unpaired) electrons. The maximum Gasteiger partial charge on any atom is 0.137 e. The molecule has 0 heterocycles. The van der Waals surface area contributed by atoms with Gasteiger partial charge < -0.3 is 5.32 Å². The van der Waals surface area contributed by atoms with E-state index in [1.165, 1.54) is 25.0 Å². The largest absolute Gasteiger partial charge is 0.310 e. The van der Waals surface area contributed by atoms with Crippen molar-refractivity contribution in [2.45, 2.75) is 45.6 Å². The minimum absolute atomic E-state index is 0.0879. The van der Waals surface area contributed by atoms with Crippen LogP contribution in [0, 0.1) is 23.5 Å². The van der Waals surface area contributed by atoms with Gasteiger partial charge in [0, 0.05) is 11.6 Å². The second-order valence-corrected chi connectivity index (χ2v) is 6.70. The molecule has 0 bridgehead atoms. The molecule has 1 fully saturated rings. The quantitative estimate of drug-likeness (QED) is 0.739. The Morgan fingerprint density at radius 1 is 1.20 bits per heavy atom. The number of rotatable bonds is 4. The molecule has 1 nitrogen and oxygen atoms in total. The Kier molecular flexibility index (Phi) is 5.56. The summed E-state index contributed by atoms with van der Waals surface area (Å²) in [7, 11) is 0. The number of nitrogens with one attached hydrogen (secondary N) is 1. The molecule has 0 aromatic heterocycles. The van der Waals surface area contributed by atoms with Crippen molar-refractivity contribution < 1.29 is 8.78 Å². The first-order valence-electron chi connectivity index (χ1n) is 7.40. The fourth-order valence-corrected chi connectivity index (χ4v) is 3.46. The van der Waals surface area contributed by atoms with E-state index in [2.05, 4.69) is 28.2 Å². The van der Waals surface area contributed by atoms with E-state index >= 15 is 0 Å². The van der Waals surface area contributed by atoms with E-state index in [1.807, 2.05) is 6.92 Å². The van der Waals surface area contributed by atoms with Crippen LogP contribution in [0.2, 0.25) is 0 Å². The van der Waals surface area contributed by atoms with Crippen LogP contribution in [-0.2, 0) is 0 Å². The van der Waals surface area contributed by atoms with Crippen LogP contribution in [0.3, 0.4) is 0 Å². The van der Waals surface area contributed by atoms with Crippen LogP contribution in [-0.4, -0.2) is 6.54 Å². The van der Waals surface area contributed by atoms with Gasteiger partial charge in [0.25, 0.3) is 0 Å². The van der Waals surface area contributed by atoms with Gasteiger partial charge in [0.15, 0.2) is 0 Å². The summed E-state index contributed by atoms with van der Waals surface area (Å²) < 4.78 is 28.1. The molecule has 0 saturated heterocycles. The molecule has 1 aromatic carbocycles. The third kappa shape index (κ3) is 3.59. The number of hydrogen-bond acceptors (Lipinski definition) is 1. The highest BCUT2D eigenvalue weighted by Crippen LogP contribution is 2.38. The third-order valence-electron chi connectivity index (χ3n) is 4.33. The molecule has 1 unspecified atom stereocenters. The Morgan fingerprint density at radius 2 is 1.85 bits per heavy atom. The van der Waals surface area contributed by atoms with Crippen LogP contribution in [0.5, 0.6) is 0 Å². The molecule has 2 rings (SSSR count). The number of benzene rings is 1. The Hall–Kier alpha value is -0.480. The highest BCUT2D eigenvalue weighted by atomic mass is 79.9. The normalized spacial score (nSPS) is 24.6. The zero-order valence-corrected chi connectivity index (χ0v) is 13.6. The van der Waals surface area contributed by atoms with Gasteiger partial charge in [-0.25, -0.2) is 8.78 Å². The molecular formula is C16H22BrF2N. The first kappa shape index (κ1) is 15.9. The molecule has 112 valence electrons. The molecule has 1 atom stereocenters. The molecule has 1 aliphatic carbocycles. The molecule has 20 heavy (non-hydrogen) atoms. The molecule has 0 aliphatic heterocycles. The minimum Gasteiger partial charge on any atom is -0.310 e. The highest BCUT2D eigenvalue weighted by Gasteiger charge is 2.29. The molecule has 1 aliphatic rings. The standard InChI is InChI=1S/C16H22BrF2N/c1-3-20-16(11-6-4-10(2)5-7-11)12-8-15(19)13(17)9-14(12)18/h8-11,16,20H,3-7H2,1-2H3. The van der Waals surface area contributed by atoms with Gasteiger partial charge >= 0.3 is 0 Å². The van der Waals surface area contributed by atoms with Crippen molar-refractivity contribution in [1.82, 2.24) is 5.32 Å². The fraction of sp³-hybridized carbons (Fsp3) is 0.625. The monoisotopic (exact) mass is 345 g/mol. The Morgan fingerprint density at radius 3 is 2.45 bits per heavy atom. The topological polar surface area (TPSA) is 12.0 Å². The number of halogens is 3. The lowest BCUT2D eigenvalue weighted by molar-refractivity contribution is 0.229. The van der Waals surface area contributed by atoms with Crippen LogP contribution < -0.4 is 5.32 Å². The summed E-state index contributed by atoms with van der Waals surface area (Å²) in [4.78, 5) is 0. The summed E-state index contributed by atoms with van der Waals surface area (Å²) in [5, 5.41) is 3.35. The van der Waals surface area contributed by atoms with Crippen molar-refractivity contribution >= 4 is 15.9 Å². The van der Waals surface area contributed by atoms with Crippen molar-refractivity contribution in [3.63, 3.8) is 0 Å². The second-order valence-electron chi connectivity index (χ2n) is 5.84. The second kappa shape index (κ2) is 6.99. The third-order valence-corrected chi connectivity index (χ3v) is 4.94. The van der Waals surface area contributed by atoms with Crippen molar-refractivity contribution in [2.24, 2.45) is 11.8 Å². The maximum absolute atomic E-state index is 14.2. The van der Waals surface area contributed by atoms with Crippen LogP contribution >= 0.6 is 15.9 Å². The Balaban J connectivity index is 2.26. The van der Waals surface area contributed by atoms with Gasteiger partial charge in [0.05, 0.1) is 4.47 Å². The number of hydrogen-bond donors (Lipinski definition) is 1. The lowest BCUT2D eigenvalue weighted by atomic mass is 9.77. The van der Waals surface area contributed by atoms with Crippen molar-refractivity contribution in [2.75, 3.05) is 6.54 Å². The van der Waals surface area contributed by atoms with E-state index in [4.69, 9.17) is 0 Å². The molecule has 1 aromatic rings. The van der Waals surface area contributed by atoms with Crippen LogP contribution in [0.15, 0.2) is 16.6 Å². The van der Waals surface area contributed by atoms with Gasteiger partial charge in [0.1, 0.15) is 11.6 Å². The maximum atomic E-state index is 14.2. The predicted octanol–water partition coefficient (Wildman–Crippen LogP) is 5.20. The fourth-order valence-electron chi connectivity index (χ4n) is 3.15. The van der Waals surface area contributed by atoms with Gasteiger partial charge in [-0.15, -0.1) is 0 Å². The van der Waals surface area contributed by atoms with Gasteiger partial charge in [0.2, 0.25) is 0 Å². The molecule has 4 heteroatoms. The van der Waals surface area contributed by atoms with Gasteiger partial charge in [-0.2, -0.15) is 0 Å². The molecule has 0 amide bonds. The first-order valence-corrected chi connectivity index (χ1v) is 8.20. The summed E-state index contributed by atoms with van der Waals surface area (Å²) in [6.07, 6.45) is 4.51. The van der Waals surface area contributed by atoms with Gasteiger partial charge in [-0.3, -0.25) is 0 Å². The van der Waals surface area contributed by atoms with E-state index < -0.39 is 5.82 Å². The van der Waals surface area contributed by atoms with Crippen molar-refractivity contribution in [1.29, 1.82) is 0 Å². The SMILES string of the molecule is CCNC(c1cc(F)c(Br)cc1F)C1CCC(C)CC1. The average Bonchev–Trinajstić information content (AvgIpc) is 2.42. The molecule has 0 spiro atoms. The first-order chi connectivity index (χ1) is 9.52. The zero-order chi connectivity index (χ0) is 14.7.